The van der Waals surface area contributed by atoms with Crippen LogP contribution >= 0.6 is 0 Å². The molecule has 11 heteroatoms. The summed E-state index contributed by atoms with van der Waals surface area (Å²) in [7, 11) is 1.57. The number of fused-ring (bicyclic) bond motifs is 3. The van der Waals surface area contributed by atoms with Crippen LogP contribution in [0.15, 0.2) is 47.7 Å². The van der Waals surface area contributed by atoms with Crippen molar-refractivity contribution in [3.63, 3.8) is 0 Å². The van der Waals surface area contributed by atoms with Gasteiger partial charge in [-0.05, 0) is 24.3 Å². The number of imidazole rings is 2. The average Bonchev–Trinajstić information content (AvgIpc) is 3.39. The minimum absolute atomic E-state index is 0.0178. The van der Waals surface area contributed by atoms with Gasteiger partial charge >= 0.3 is 5.69 Å². The summed E-state index contributed by atoms with van der Waals surface area (Å²) in [4.78, 5) is 30.0. The third-order valence-corrected chi connectivity index (χ3v) is 6.07. The van der Waals surface area contributed by atoms with Gasteiger partial charge in [0.1, 0.15) is 17.7 Å². The molecule has 168 valence electrons. The minimum atomic E-state index is -0.813. The van der Waals surface area contributed by atoms with E-state index in [-0.39, 0.29) is 35.9 Å². The normalized spacial score (nSPS) is 15.3. The highest BCUT2D eigenvalue weighted by Crippen LogP contribution is 2.39. The molecule has 0 saturated carbocycles. The van der Waals surface area contributed by atoms with Crippen LogP contribution in [0.1, 0.15) is 18.0 Å². The number of hydrogen-bond acceptors (Lipinski definition) is 5. The number of aryl methyl sites for hydroxylation is 1. The quantitative estimate of drug-likeness (QED) is 0.376. The number of hydrogen-bond donors (Lipinski definition) is 0. The van der Waals surface area contributed by atoms with Crippen LogP contribution in [-0.2, 0) is 7.05 Å². The van der Waals surface area contributed by atoms with Gasteiger partial charge in [0.15, 0.2) is 22.9 Å². The Morgan fingerprint density at radius 3 is 2.79 bits per heavy atom. The van der Waals surface area contributed by atoms with Crippen molar-refractivity contribution in [2.75, 3.05) is 6.61 Å². The Morgan fingerprint density at radius 2 is 1.97 bits per heavy atom. The minimum Gasteiger partial charge on any atom is -0.490 e. The van der Waals surface area contributed by atoms with Gasteiger partial charge in [-0.1, -0.05) is 6.07 Å². The van der Waals surface area contributed by atoms with Crippen LogP contribution in [0.25, 0.3) is 33.0 Å². The van der Waals surface area contributed by atoms with Gasteiger partial charge in [0, 0.05) is 13.5 Å². The molecule has 0 N–H and O–H groups in total. The van der Waals surface area contributed by atoms with E-state index in [4.69, 9.17) is 11.3 Å². The van der Waals surface area contributed by atoms with Gasteiger partial charge < -0.3 is 4.74 Å². The lowest BCUT2D eigenvalue weighted by atomic mass is 9.99. The predicted molar refractivity (Wildman–Crippen MR) is 118 cm³/mol. The largest absolute Gasteiger partial charge is 0.490 e. The Balaban J connectivity index is 1.60. The van der Waals surface area contributed by atoms with E-state index >= 15 is 0 Å². The second-order valence-corrected chi connectivity index (χ2v) is 7.91. The summed E-state index contributed by atoms with van der Waals surface area (Å²) in [5, 5.41) is 0. The number of ether oxygens (including phenoxy) is 1. The van der Waals surface area contributed by atoms with Crippen LogP contribution < -0.4 is 10.4 Å². The number of rotatable bonds is 2. The maximum absolute atomic E-state index is 14.8. The van der Waals surface area contributed by atoms with E-state index in [0.29, 0.717) is 22.2 Å². The lowest BCUT2D eigenvalue weighted by Gasteiger charge is -2.27. The lowest BCUT2D eigenvalue weighted by molar-refractivity contribution is 0.238. The van der Waals surface area contributed by atoms with Gasteiger partial charge in [0.05, 0.1) is 42.0 Å². The van der Waals surface area contributed by atoms with Crippen molar-refractivity contribution in [2.45, 2.75) is 12.5 Å². The Hall–Kier alpha value is -4.59. The summed E-state index contributed by atoms with van der Waals surface area (Å²) < 4.78 is 38.9. The fourth-order valence-electron chi connectivity index (χ4n) is 4.43. The van der Waals surface area contributed by atoms with E-state index in [2.05, 4.69) is 19.8 Å². The van der Waals surface area contributed by atoms with Crippen molar-refractivity contribution >= 4 is 27.9 Å². The van der Waals surface area contributed by atoms with Crippen LogP contribution in [-0.4, -0.2) is 35.3 Å². The highest BCUT2D eigenvalue weighted by molar-refractivity contribution is 5.81. The summed E-state index contributed by atoms with van der Waals surface area (Å²) >= 11 is 0. The Bertz CT molecular complexity index is 1730. The molecule has 1 atom stereocenters. The third-order valence-electron chi connectivity index (χ3n) is 6.07. The van der Waals surface area contributed by atoms with Crippen molar-refractivity contribution in [3.05, 3.63) is 82.0 Å². The molecular formula is C23H15F2N7O2. The molecule has 0 saturated heterocycles. The highest BCUT2D eigenvalue weighted by Gasteiger charge is 2.32. The summed E-state index contributed by atoms with van der Waals surface area (Å²) in [6, 6.07) is 6.29. The van der Waals surface area contributed by atoms with Crippen LogP contribution in [0.4, 0.5) is 14.5 Å². The molecule has 1 aliphatic heterocycles. The van der Waals surface area contributed by atoms with Crippen LogP contribution in [0.3, 0.4) is 0 Å². The molecule has 2 aromatic carbocycles. The lowest BCUT2D eigenvalue weighted by Crippen LogP contribution is -2.31. The van der Waals surface area contributed by atoms with E-state index < -0.39 is 23.4 Å². The fraction of sp³-hybridized carbons (Fsp3) is 0.174. The van der Waals surface area contributed by atoms with Crippen LogP contribution in [0, 0.1) is 18.2 Å². The number of benzene rings is 2. The van der Waals surface area contributed by atoms with Crippen molar-refractivity contribution in [3.8, 4) is 11.7 Å². The highest BCUT2D eigenvalue weighted by atomic mass is 19.1. The summed E-state index contributed by atoms with van der Waals surface area (Å²) in [5.41, 5.74) is 1.96. The molecule has 5 aromatic rings. The SMILES string of the molecule is [C-]#[N+]c1ccc2ncn(-c3ncc4c(n3)n([C@@H]3CCOc5c(F)ccc(F)c53)c(=O)n4C)c2c1. The second-order valence-electron chi connectivity index (χ2n) is 7.91. The molecule has 1 aliphatic rings. The standard InChI is InChI=1S/C23H15F2N7O2/c1-26-12-3-6-15-17(9-12)31(11-28-15)22-27-10-18-21(29-22)32(23(33)30(18)2)16-7-8-34-20-14(25)5-4-13(24)19(16)20/h3-6,9-11,16H,7-8H2,2H3/t16-/m1/s1. The van der Waals surface area contributed by atoms with Gasteiger partial charge in [-0.15, -0.1) is 0 Å². The molecule has 0 aliphatic carbocycles. The van der Waals surface area contributed by atoms with E-state index in [1.165, 1.54) is 21.7 Å². The first-order chi connectivity index (χ1) is 16.5. The maximum atomic E-state index is 14.8. The third kappa shape index (κ3) is 2.75. The van der Waals surface area contributed by atoms with Crippen molar-refractivity contribution in [1.29, 1.82) is 0 Å². The summed E-state index contributed by atoms with van der Waals surface area (Å²) in [6.45, 7) is 7.39. The Kier molecular flexibility index (Phi) is 4.25. The molecular weight excluding hydrogens is 444 g/mol. The van der Waals surface area contributed by atoms with Gasteiger partial charge in [0.2, 0.25) is 5.95 Å². The average molecular weight is 459 g/mol. The molecule has 0 bridgehead atoms. The van der Waals surface area contributed by atoms with Gasteiger partial charge in [-0.3, -0.25) is 13.7 Å². The molecule has 0 spiro atoms. The molecule has 4 heterocycles. The molecule has 0 radical (unpaired) electrons. The van der Waals surface area contributed by atoms with Gasteiger partial charge in [-0.25, -0.2) is 28.4 Å². The first-order valence-corrected chi connectivity index (χ1v) is 10.4. The molecule has 0 fully saturated rings. The topological polar surface area (TPSA) is 84.1 Å². The number of aromatic nitrogens is 6. The molecule has 6 rings (SSSR count). The van der Waals surface area contributed by atoms with Crippen molar-refractivity contribution < 1.29 is 13.5 Å². The first kappa shape index (κ1) is 20.0. The molecule has 9 nitrogen and oxygen atoms in total. The Labute approximate surface area is 190 Å². The van der Waals surface area contributed by atoms with Crippen molar-refractivity contribution in [1.82, 2.24) is 28.7 Å². The van der Waals surface area contributed by atoms with Gasteiger partial charge in [-0.2, -0.15) is 4.98 Å². The zero-order chi connectivity index (χ0) is 23.6. The molecule has 3 aromatic heterocycles. The Morgan fingerprint density at radius 1 is 1.15 bits per heavy atom. The maximum Gasteiger partial charge on any atom is 0.330 e. The fourth-order valence-corrected chi connectivity index (χ4v) is 4.43. The van der Waals surface area contributed by atoms with Crippen LogP contribution in [0.5, 0.6) is 5.75 Å². The first-order valence-electron chi connectivity index (χ1n) is 10.4. The smallest absolute Gasteiger partial charge is 0.330 e. The zero-order valence-corrected chi connectivity index (χ0v) is 17.7. The van der Waals surface area contributed by atoms with E-state index in [1.54, 1.807) is 29.8 Å². The zero-order valence-electron chi connectivity index (χ0n) is 17.7. The predicted octanol–water partition coefficient (Wildman–Crippen LogP) is 3.67. The summed E-state index contributed by atoms with van der Waals surface area (Å²) in [6.07, 6.45) is 3.29. The number of halogens is 2. The van der Waals surface area contributed by atoms with Gasteiger partial charge in [0.25, 0.3) is 0 Å². The monoisotopic (exact) mass is 459 g/mol. The van der Waals surface area contributed by atoms with Crippen LogP contribution in [0.2, 0.25) is 0 Å². The molecule has 0 amide bonds. The molecule has 0 unspecified atom stereocenters. The van der Waals surface area contributed by atoms with E-state index in [1.807, 2.05) is 0 Å². The van der Waals surface area contributed by atoms with E-state index in [0.717, 1.165) is 12.1 Å². The van der Waals surface area contributed by atoms with Crippen molar-refractivity contribution in [2.24, 2.45) is 7.05 Å². The summed E-state index contributed by atoms with van der Waals surface area (Å²) in [5.74, 6) is -1.32. The van der Waals surface area contributed by atoms with E-state index in [9.17, 15) is 13.6 Å². The second kappa shape index (κ2) is 7.21. The molecule has 34 heavy (non-hydrogen) atoms. The number of nitrogens with zero attached hydrogens (tertiary/aromatic N) is 7.